The number of nitrogens with one attached hydrogen (secondary N) is 1. The molecule has 0 amide bonds. The SMILES string of the molecule is Cc1ccc(C(C)C)c2occ(CNC(C)C)c12. The summed E-state index contributed by atoms with van der Waals surface area (Å²) in [6, 6.07) is 4.88. The normalized spacial score (nSPS) is 11.9. The van der Waals surface area contributed by atoms with Gasteiger partial charge in [-0.1, -0.05) is 39.8 Å². The first-order valence-electron chi connectivity index (χ1n) is 6.73. The molecule has 18 heavy (non-hydrogen) atoms. The van der Waals surface area contributed by atoms with E-state index in [2.05, 4.69) is 52.1 Å². The lowest BCUT2D eigenvalue weighted by Crippen LogP contribution is -2.21. The molecule has 1 N–H and O–H groups in total. The number of benzene rings is 1. The molecule has 2 nitrogen and oxygen atoms in total. The number of furan rings is 1. The molecule has 0 aliphatic rings. The Balaban J connectivity index is 2.48. The zero-order chi connectivity index (χ0) is 13.3. The predicted octanol–water partition coefficient (Wildman–Crippen LogP) is 4.36. The third-order valence-corrected chi connectivity index (χ3v) is 3.36. The van der Waals surface area contributed by atoms with Crippen LogP contribution in [0.1, 0.15) is 50.3 Å². The fraction of sp³-hybridized carbons (Fsp3) is 0.500. The van der Waals surface area contributed by atoms with Gasteiger partial charge in [-0.3, -0.25) is 0 Å². The van der Waals surface area contributed by atoms with Gasteiger partial charge in [0.1, 0.15) is 5.58 Å². The number of hydrogen-bond donors (Lipinski definition) is 1. The fourth-order valence-electron chi connectivity index (χ4n) is 2.31. The van der Waals surface area contributed by atoms with Gasteiger partial charge in [-0.2, -0.15) is 0 Å². The second-order valence-electron chi connectivity index (χ2n) is 5.63. The van der Waals surface area contributed by atoms with Crippen molar-refractivity contribution in [2.75, 3.05) is 0 Å². The van der Waals surface area contributed by atoms with Gasteiger partial charge in [-0.05, 0) is 24.0 Å². The van der Waals surface area contributed by atoms with Gasteiger partial charge in [0.2, 0.25) is 0 Å². The van der Waals surface area contributed by atoms with Gasteiger partial charge in [0, 0.05) is 23.5 Å². The largest absolute Gasteiger partial charge is 0.464 e. The summed E-state index contributed by atoms with van der Waals surface area (Å²) in [6.07, 6.45) is 1.90. The lowest BCUT2D eigenvalue weighted by atomic mass is 9.97. The van der Waals surface area contributed by atoms with Crippen molar-refractivity contribution in [3.63, 3.8) is 0 Å². The molecule has 0 atom stereocenters. The third kappa shape index (κ3) is 2.44. The van der Waals surface area contributed by atoms with Crippen LogP contribution in [0.5, 0.6) is 0 Å². The molecule has 0 unspecified atom stereocenters. The minimum atomic E-state index is 0.489. The van der Waals surface area contributed by atoms with Crippen molar-refractivity contribution >= 4 is 11.0 Å². The van der Waals surface area contributed by atoms with E-state index in [1.807, 2.05) is 6.26 Å². The van der Waals surface area contributed by atoms with E-state index < -0.39 is 0 Å². The highest BCUT2D eigenvalue weighted by atomic mass is 16.3. The molecule has 0 spiro atoms. The molecule has 0 fully saturated rings. The highest BCUT2D eigenvalue weighted by Gasteiger charge is 2.14. The van der Waals surface area contributed by atoms with E-state index >= 15 is 0 Å². The summed E-state index contributed by atoms with van der Waals surface area (Å²) in [7, 11) is 0. The monoisotopic (exact) mass is 245 g/mol. The molecule has 2 heteroatoms. The minimum absolute atomic E-state index is 0.489. The van der Waals surface area contributed by atoms with Gasteiger partial charge >= 0.3 is 0 Å². The van der Waals surface area contributed by atoms with Gasteiger partial charge in [0.25, 0.3) is 0 Å². The first-order valence-corrected chi connectivity index (χ1v) is 6.73. The van der Waals surface area contributed by atoms with Crippen LogP contribution in [-0.2, 0) is 6.54 Å². The van der Waals surface area contributed by atoms with Gasteiger partial charge in [-0.15, -0.1) is 0 Å². The summed E-state index contributed by atoms with van der Waals surface area (Å²) >= 11 is 0. The zero-order valence-electron chi connectivity index (χ0n) is 12.0. The first kappa shape index (κ1) is 13.2. The van der Waals surface area contributed by atoms with Crippen LogP contribution in [-0.4, -0.2) is 6.04 Å². The maximum atomic E-state index is 5.81. The van der Waals surface area contributed by atoms with Crippen LogP contribution in [0.15, 0.2) is 22.8 Å². The Morgan fingerprint density at radius 2 is 1.89 bits per heavy atom. The third-order valence-electron chi connectivity index (χ3n) is 3.36. The van der Waals surface area contributed by atoms with Crippen molar-refractivity contribution in [1.82, 2.24) is 5.32 Å². The lowest BCUT2D eigenvalue weighted by Gasteiger charge is -2.09. The fourth-order valence-corrected chi connectivity index (χ4v) is 2.31. The molecule has 0 aliphatic carbocycles. The lowest BCUT2D eigenvalue weighted by molar-refractivity contribution is 0.570. The molecule has 1 heterocycles. The molecule has 1 aromatic carbocycles. The second-order valence-corrected chi connectivity index (χ2v) is 5.63. The summed E-state index contributed by atoms with van der Waals surface area (Å²) in [4.78, 5) is 0. The average Bonchev–Trinajstić information content (AvgIpc) is 2.71. The Morgan fingerprint density at radius 3 is 2.50 bits per heavy atom. The Kier molecular flexibility index (Phi) is 3.76. The van der Waals surface area contributed by atoms with Gasteiger partial charge < -0.3 is 9.73 Å². The topological polar surface area (TPSA) is 25.2 Å². The highest BCUT2D eigenvalue weighted by Crippen LogP contribution is 2.31. The van der Waals surface area contributed by atoms with Crippen LogP contribution in [0.2, 0.25) is 0 Å². The van der Waals surface area contributed by atoms with E-state index in [4.69, 9.17) is 4.42 Å². The Hall–Kier alpha value is -1.28. The number of fused-ring (bicyclic) bond motifs is 1. The van der Waals surface area contributed by atoms with E-state index in [9.17, 15) is 0 Å². The molecule has 2 rings (SSSR count). The van der Waals surface area contributed by atoms with E-state index in [1.54, 1.807) is 0 Å². The molecule has 1 aromatic heterocycles. The molecule has 0 radical (unpaired) electrons. The summed E-state index contributed by atoms with van der Waals surface area (Å²) in [5, 5.41) is 4.74. The Bertz CT molecular complexity index is 537. The zero-order valence-corrected chi connectivity index (χ0v) is 12.0. The molecule has 0 saturated heterocycles. The molecule has 2 aromatic rings. The van der Waals surface area contributed by atoms with E-state index in [0.29, 0.717) is 12.0 Å². The summed E-state index contributed by atoms with van der Waals surface area (Å²) in [6.45, 7) is 11.8. The maximum Gasteiger partial charge on any atom is 0.137 e. The molecule has 0 aliphatic heterocycles. The summed E-state index contributed by atoms with van der Waals surface area (Å²) < 4.78 is 5.81. The highest BCUT2D eigenvalue weighted by molar-refractivity contribution is 5.87. The molecule has 0 saturated carbocycles. The molecular formula is C16H23NO. The summed E-state index contributed by atoms with van der Waals surface area (Å²) in [5.41, 5.74) is 4.92. The standard InChI is InChI=1S/C16H23NO/c1-10(2)14-7-6-12(5)15-13(8-17-11(3)4)9-18-16(14)15/h6-7,9-11,17H,8H2,1-5H3. The first-order chi connectivity index (χ1) is 8.50. The van der Waals surface area contributed by atoms with Gasteiger partial charge in [0.05, 0.1) is 6.26 Å². The Morgan fingerprint density at radius 1 is 1.17 bits per heavy atom. The quantitative estimate of drug-likeness (QED) is 0.865. The van der Waals surface area contributed by atoms with Crippen LogP contribution in [0, 0.1) is 6.92 Å². The van der Waals surface area contributed by atoms with Crippen LogP contribution >= 0.6 is 0 Å². The van der Waals surface area contributed by atoms with Crippen molar-refractivity contribution < 1.29 is 4.42 Å². The number of aryl methyl sites for hydroxylation is 1. The van der Waals surface area contributed by atoms with Crippen LogP contribution < -0.4 is 5.32 Å². The van der Waals surface area contributed by atoms with Crippen LogP contribution in [0.25, 0.3) is 11.0 Å². The Labute approximate surface area is 109 Å². The smallest absolute Gasteiger partial charge is 0.137 e. The van der Waals surface area contributed by atoms with E-state index in [0.717, 1.165) is 12.1 Å². The minimum Gasteiger partial charge on any atom is -0.464 e. The maximum absolute atomic E-state index is 5.81. The molecular weight excluding hydrogens is 222 g/mol. The number of hydrogen-bond acceptors (Lipinski definition) is 2. The van der Waals surface area contributed by atoms with Crippen LogP contribution in [0.4, 0.5) is 0 Å². The average molecular weight is 245 g/mol. The van der Waals surface area contributed by atoms with Crippen LogP contribution in [0.3, 0.4) is 0 Å². The summed E-state index contributed by atoms with van der Waals surface area (Å²) in [5.74, 6) is 0.491. The van der Waals surface area contributed by atoms with E-state index in [-0.39, 0.29) is 0 Å². The van der Waals surface area contributed by atoms with Crippen molar-refractivity contribution in [1.29, 1.82) is 0 Å². The van der Waals surface area contributed by atoms with Crippen molar-refractivity contribution in [2.24, 2.45) is 0 Å². The predicted molar refractivity (Wildman–Crippen MR) is 77.0 cm³/mol. The van der Waals surface area contributed by atoms with Crippen molar-refractivity contribution in [2.45, 2.75) is 53.1 Å². The molecule has 98 valence electrons. The van der Waals surface area contributed by atoms with Gasteiger partial charge in [0.15, 0.2) is 0 Å². The van der Waals surface area contributed by atoms with E-state index in [1.165, 1.54) is 22.1 Å². The van der Waals surface area contributed by atoms with Crippen molar-refractivity contribution in [3.05, 3.63) is 35.1 Å². The second kappa shape index (κ2) is 5.15. The molecule has 0 bridgehead atoms. The number of rotatable bonds is 4. The van der Waals surface area contributed by atoms with Gasteiger partial charge in [-0.25, -0.2) is 0 Å². The van der Waals surface area contributed by atoms with Crippen molar-refractivity contribution in [3.8, 4) is 0 Å².